The average Bonchev–Trinajstić information content (AvgIpc) is 2.68. The van der Waals surface area contributed by atoms with Crippen molar-refractivity contribution in [2.45, 2.75) is 6.54 Å². The zero-order valence-electron chi connectivity index (χ0n) is 15.6. The predicted molar refractivity (Wildman–Crippen MR) is 120 cm³/mol. The van der Waals surface area contributed by atoms with E-state index in [-0.39, 0.29) is 24.0 Å². The van der Waals surface area contributed by atoms with E-state index in [9.17, 15) is 0 Å². The molecule has 0 aliphatic carbocycles. The third-order valence-corrected chi connectivity index (χ3v) is 3.93. The fourth-order valence-corrected chi connectivity index (χ4v) is 2.48. The highest BCUT2D eigenvalue weighted by Crippen LogP contribution is 2.27. The lowest BCUT2D eigenvalue weighted by Gasteiger charge is -2.14. The van der Waals surface area contributed by atoms with E-state index < -0.39 is 0 Å². The van der Waals surface area contributed by atoms with Gasteiger partial charge in [0.15, 0.2) is 17.5 Å². The van der Waals surface area contributed by atoms with Crippen LogP contribution >= 0.6 is 35.6 Å². The summed E-state index contributed by atoms with van der Waals surface area (Å²) >= 11 is 6.06. The molecule has 0 aliphatic heterocycles. The van der Waals surface area contributed by atoms with Crippen LogP contribution in [-0.4, -0.2) is 40.4 Å². The van der Waals surface area contributed by atoms with Crippen LogP contribution in [0.1, 0.15) is 5.56 Å². The van der Waals surface area contributed by atoms with Crippen molar-refractivity contribution in [1.29, 1.82) is 0 Å². The molecule has 0 unspecified atom stereocenters. The minimum atomic E-state index is 0. The molecule has 0 saturated heterocycles. The summed E-state index contributed by atoms with van der Waals surface area (Å²) < 4.78 is 16.2. The molecule has 0 bridgehead atoms. The maximum absolute atomic E-state index is 6.06. The van der Waals surface area contributed by atoms with Crippen LogP contribution in [0.3, 0.4) is 0 Å². The Labute approximate surface area is 182 Å². The Bertz CT molecular complexity index is 744. The quantitative estimate of drug-likeness (QED) is 0.248. The van der Waals surface area contributed by atoms with Gasteiger partial charge < -0.3 is 24.8 Å². The van der Waals surface area contributed by atoms with Crippen molar-refractivity contribution >= 4 is 41.5 Å². The highest BCUT2D eigenvalue weighted by molar-refractivity contribution is 14.0. The smallest absolute Gasteiger partial charge is 0.191 e. The molecule has 0 saturated carbocycles. The minimum absolute atomic E-state index is 0. The van der Waals surface area contributed by atoms with Gasteiger partial charge in [-0.25, -0.2) is 0 Å². The molecule has 0 spiro atoms. The molecule has 0 aromatic heterocycles. The summed E-state index contributed by atoms with van der Waals surface area (Å²) in [6.07, 6.45) is 0. The fourth-order valence-electron chi connectivity index (χ4n) is 2.29. The summed E-state index contributed by atoms with van der Waals surface area (Å²) in [6.45, 7) is 1.67. The Morgan fingerprint density at radius 2 is 1.74 bits per heavy atom. The molecule has 2 aromatic carbocycles. The molecule has 8 heteroatoms. The number of ether oxygens (including phenoxy) is 3. The van der Waals surface area contributed by atoms with Crippen molar-refractivity contribution < 1.29 is 14.2 Å². The van der Waals surface area contributed by atoms with Crippen molar-refractivity contribution in [3.8, 4) is 17.2 Å². The number of benzene rings is 2. The standard InChI is InChI=1S/C19H24ClN3O3.HI/c1-21-19(22-10-11-26-16-7-5-4-6-15(16)20)23-13-14-8-9-17(24-2)18(12-14)25-3;/h4-9,12H,10-11,13H2,1-3H3,(H2,21,22,23);1H. The summed E-state index contributed by atoms with van der Waals surface area (Å²) in [5.41, 5.74) is 1.05. The van der Waals surface area contributed by atoms with Crippen molar-refractivity contribution in [2.24, 2.45) is 4.99 Å². The molecule has 2 N–H and O–H groups in total. The molecule has 0 heterocycles. The van der Waals surface area contributed by atoms with Crippen molar-refractivity contribution in [3.63, 3.8) is 0 Å². The van der Waals surface area contributed by atoms with Crippen LogP contribution in [0, 0.1) is 0 Å². The first-order chi connectivity index (χ1) is 12.7. The molecule has 0 atom stereocenters. The second-order valence-corrected chi connectivity index (χ2v) is 5.73. The topological polar surface area (TPSA) is 64.1 Å². The van der Waals surface area contributed by atoms with Gasteiger partial charge in [0.2, 0.25) is 0 Å². The Balaban J connectivity index is 0.00000364. The van der Waals surface area contributed by atoms with Crippen LogP contribution in [0.15, 0.2) is 47.5 Å². The van der Waals surface area contributed by atoms with Gasteiger partial charge in [-0.05, 0) is 29.8 Å². The molecule has 2 rings (SSSR count). The van der Waals surface area contributed by atoms with Crippen molar-refractivity contribution in [3.05, 3.63) is 53.1 Å². The first-order valence-corrected chi connectivity index (χ1v) is 8.58. The number of para-hydroxylation sites is 1. The van der Waals surface area contributed by atoms with Crippen molar-refractivity contribution in [2.75, 3.05) is 34.4 Å². The van der Waals surface area contributed by atoms with Gasteiger partial charge in [-0.15, -0.1) is 24.0 Å². The third kappa shape index (κ3) is 7.34. The lowest BCUT2D eigenvalue weighted by atomic mass is 10.2. The van der Waals surface area contributed by atoms with Crippen molar-refractivity contribution in [1.82, 2.24) is 10.6 Å². The largest absolute Gasteiger partial charge is 0.493 e. The predicted octanol–water partition coefficient (Wildman–Crippen LogP) is 3.72. The highest BCUT2D eigenvalue weighted by atomic mass is 127. The van der Waals surface area contributed by atoms with Crippen LogP contribution in [0.4, 0.5) is 0 Å². The molecule has 2 aromatic rings. The molecule has 0 radical (unpaired) electrons. The Morgan fingerprint density at radius 3 is 2.41 bits per heavy atom. The van der Waals surface area contributed by atoms with Gasteiger partial charge in [0.25, 0.3) is 0 Å². The average molecular weight is 506 g/mol. The summed E-state index contributed by atoms with van der Waals surface area (Å²) in [7, 11) is 4.96. The van der Waals surface area contributed by atoms with E-state index in [0.29, 0.717) is 47.9 Å². The zero-order chi connectivity index (χ0) is 18.8. The summed E-state index contributed by atoms with van der Waals surface area (Å²) in [4.78, 5) is 4.20. The van der Waals surface area contributed by atoms with Crippen LogP contribution in [-0.2, 0) is 6.54 Å². The van der Waals surface area contributed by atoms with Gasteiger partial charge >= 0.3 is 0 Å². The first kappa shape index (κ1) is 23.2. The van der Waals surface area contributed by atoms with E-state index in [1.807, 2.05) is 36.4 Å². The third-order valence-electron chi connectivity index (χ3n) is 3.62. The number of hydrogen-bond donors (Lipinski definition) is 2. The number of hydrogen-bond acceptors (Lipinski definition) is 4. The normalized spacial score (nSPS) is 10.6. The maximum Gasteiger partial charge on any atom is 0.191 e. The number of rotatable bonds is 8. The van der Waals surface area contributed by atoms with Gasteiger partial charge in [-0.1, -0.05) is 29.8 Å². The van der Waals surface area contributed by atoms with Crippen LogP contribution in [0.2, 0.25) is 5.02 Å². The monoisotopic (exact) mass is 505 g/mol. The summed E-state index contributed by atoms with van der Waals surface area (Å²) in [6, 6.07) is 13.2. The van der Waals surface area contributed by atoms with Gasteiger partial charge in [0.05, 0.1) is 25.8 Å². The Kier molecular flexibility index (Phi) is 10.7. The number of methoxy groups -OCH3 is 2. The number of halogens is 2. The summed E-state index contributed by atoms with van der Waals surface area (Å²) in [5.74, 6) is 2.75. The van der Waals surface area contributed by atoms with Gasteiger partial charge in [-0.2, -0.15) is 0 Å². The lowest BCUT2D eigenvalue weighted by molar-refractivity contribution is 0.322. The highest BCUT2D eigenvalue weighted by Gasteiger charge is 2.05. The zero-order valence-corrected chi connectivity index (χ0v) is 18.7. The first-order valence-electron chi connectivity index (χ1n) is 8.20. The van der Waals surface area contributed by atoms with E-state index >= 15 is 0 Å². The van der Waals surface area contributed by atoms with Gasteiger partial charge in [-0.3, -0.25) is 4.99 Å². The molecule has 0 aliphatic rings. The molecular weight excluding hydrogens is 481 g/mol. The molecule has 148 valence electrons. The SMILES string of the molecule is CN=C(NCCOc1ccccc1Cl)NCc1ccc(OC)c(OC)c1.I. The van der Waals surface area contributed by atoms with E-state index in [4.69, 9.17) is 25.8 Å². The van der Waals surface area contributed by atoms with E-state index in [2.05, 4.69) is 15.6 Å². The molecule has 6 nitrogen and oxygen atoms in total. The number of nitrogens with zero attached hydrogens (tertiary/aromatic N) is 1. The van der Waals surface area contributed by atoms with E-state index in [1.54, 1.807) is 27.3 Å². The van der Waals surface area contributed by atoms with Gasteiger partial charge in [0, 0.05) is 13.6 Å². The molecule has 0 amide bonds. The maximum atomic E-state index is 6.06. The number of aliphatic imine (C=N–C) groups is 1. The minimum Gasteiger partial charge on any atom is -0.493 e. The van der Waals surface area contributed by atoms with E-state index in [1.165, 1.54) is 0 Å². The fraction of sp³-hybridized carbons (Fsp3) is 0.316. The van der Waals surface area contributed by atoms with Crippen LogP contribution in [0.25, 0.3) is 0 Å². The van der Waals surface area contributed by atoms with Crippen LogP contribution in [0.5, 0.6) is 17.2 Å². The number of guanidine groups is 1. The van der Waals surface area contributed by atoms with Crippen LogP contribution < -0.4 is 24.8 Å². The summed E-state index contributed by atoms with van der Waals surface area (Å²) in [5, 5.41) is 7.04. The second-order valence-electron chi connectivity index (χ2n) is 5.32. The molecular formula is C19H25ClIN3O3. The Morgan fingerprint density at radius 1 is 1.00 bits per heavy atom. The van der Waals surface area contributed by atoms with Gasteiger partial charge in [0.1, 0.15) is 12.4 Å². The van der Waals surface area contributed by atoms with E-state index in [0.717, 1.165) is 5.56 Å². The second kappa shape index (κ2) is 12.5. The number of nitrogens with one attached hydrogen (secondary N) is 2. The lowest BCUT2D eigenvalue weighted by Crippen LogP contribution is -2.38. The molecule has 27 heavy (non-hydrogen) atoms. The Hall–Kier alpha value is -1.87. The molecule has 0 fully saturated rings.